The van der Waals surface area contributed by atoms with Crippen LogP contribution < -0.4 is 5.73 Å². The number of hydrogen-bond acceptors (Lipinski definition) is 2. The maximum Gasteiger partial charge on any atom is 0.0524 e. The van der Waals surface area contributed by atoms with E-state index in [9.17, 15) is 4.21 Å². The van der Waals surface area contributed by atoms with Gasteiger partial charge in [-0.1, -0.05) is 27.2 Å². The van der Waals surface area contributed by atoms with Crippen LogP contribution in [-0.4, -0.2) is 21.3 Å². The largest absolute Gasteiger partial charge is 0.327 e. The molecule has 1 fully saturated rings. The molecular formula is C12H25NOS. The van der Waals surface area contributed by atoms with Crippen LogP contribution in [-0.2, 0) is 10.8 Å². The standard InChI is InChI=1S/C12H25NOS/c1-4-5-6-15(14)12-10(3)7-9(2)8-11(12)13/h9-12H,4-8,13H2,1-3H3. The minimum atomic E-state index is -0.706. The molecule has 3 heteroatoms. The Morgan fingerprint density at radius 2 is 2.00 bits per heavy atom. The first-order valence-corrected chi connectivity index (χ1v) is 7.57. The van der Waals surface area contributed by atoms with Gasteiger partial charge in [0.05, 0.1) is 5.25 Å². The van der Waals surface area contributed by atoms with Gasteiger partial charge in [-0.3, -0.25) is 4.21 Å². The Morgan fingerprint density at radius 1 is 1.33 bits per heavy atom. The highest BCUT2D eigenvalue weighted by Crippen LogP contribution is 2.31. The number of unbranched alkanes of at least 4 members (excludes halogenated alkanes) is 1. The van der Waals surface area contributed by atoms with E-state index in [2.05, 4.69) is 20.8 Å². The monoisotopic (exact) mass is 231 g/mol. The molecule has 0 spiro atoms. The third kappa shape index (κ3) is 3.56. The molecule has 0 aliphatic heterocycles. The first-order chi connectivity index (χ1) is 7.06. The highest BCUT2D eigenvalue weighted by molar-refractivity contribution is 7.85. The average molecular weight is 231 g/mol. The van der Waals surface area contributed by atoms with E-state index in [1.165, 1.54) is 6.42 Å². The molecule has 90 valence electrons. The Balaban J connectivity index is 2.54. The fourth-order valence-electron chi connectivity index (χ4n) is 2.76. The van der Waals surface area contributed by atoms with E-state index >= 15 is 0 Å². The Morgan fingerprint density at radius 3 is 2.53 bits per heavy atom. The van der Waals surface area contributed by atoms with Crippen LogP contribution in [0.15, 0.2) is 0 Å². The van der Waals surface area contributed by atoms with E-state index in [1.807, 2.05) is 0 Å². The third-order valence-electron chi connectivity index (χ3n) is 3.43. The molecule has 2 nitrogen and oxygen atoms in total. The second-order valence-corrected chi connectivity index (χ2v) is 6.83. The van der Waals surface area contributed by atoms with Crippen LogP contribution in [0.2, 0.25) is 0 Å². The van der Waals surface area contributed by atoms with Gasteiger partial charge >= 0.3 is 0 Å². The highest BCUT2D eigenvalue weighted by atomic mass is 32.2. The lowest BCUT2D eigenvalue weighted by atomic mass is 9.80. The lowest BCUT2D eigenvalue weighted by Gasteiger charge is -2.37. The Labute approximate surface area is 96.5 Å². The first-order valence-electron chi connectivity index (χ1n) is 6.19. The van der Waals surface area contributed by atoms with Gasteiger partial charge in [0.1, 0.15) is 0 Å². The van der Waals surface area contributed by atoms with Crippen molar-refractivity contribution in [3.63, 3.8) is 0 Å². The maximum absolute atomic E-state index is 12.1. The lowest BCUT2D eigenvalue weighted by Crippen LogP contribution is -2.47. The molecule has 1 rings (SSSR count). The molecule has 0 aromatic carbocycles. The molecule has 5 unspecified atom stereocenters. The van der Waals surface area contributed by atoms with Gasteiger partial charge in [-0.15, -0.1) is 0 Å². The Bertz CT molecular complexity index is 208. The van der Waals surface area contributed by atoms with Crippen molar-refractivity contribution in [3.05, 3.63) is 0 Å². The molecular weight excluding hydrogens is 206 g/mol. The van der Waals surface area contributed by atoms with Gasteiger partial charge in [-0.2, -0.15) is 0 Å². The van der Waals surface area contributed by atoms with Crippen LogP contribution in [0.1, 0.15) is 46.5 Å². The van der Waals surface area contributed by atoms with Crippen LogP contribution in [0.3, 0.4) is 0 Å². The second kappa shape index (κ2) is 6.00. The molecule has 0 radical (unpaired) electrons. The van der Waals surface area contributed by atoms with Crippen LogP contribution in [0.4, 0.5) is 0 Å². The molecule has 0 heterocycles. The van der Waals surface area contributed by atoms with Crippen molar-refractivity contribution in [2.75, 3.05) is 5.75 Å². The van der Waals surface area contributed by atoms with Crippen molar-refractivity contribution >= 4 is 10.8 Å². The number of rotatable bonds is 4. The topological polar surface area (TPSA) is 43.1 Å². The predicted molar refractivity (Wildman–Crippen MR) is 67.2 cm³/mol. The molecule has 1 aliphatic rings. The lowest BCUT2D eigenvalue weighted by molar-refractivity contribution is 0.275. The van der Waals surface area contributed by atoms with Gasteiger partial charge in [0.15, 0.2) is 0 Å². The van der Waals surface area contributed by atoms with Crippen LogP contribution in [0, 0.1) is 11.8 Å². The quantitative estimate of drug-likeness (QED) is 0.807. The summed E-state index contributed by atoms with van der Waals surface area (Å²) < 4.78 is 12.1. The minimum absolute atomic E-state index is 0.154. The zero-order valence-electron chi connectivity index (χ0n) is 10.2. The van der Waals surface area contributed by atoms with Gasteiger partial charge in [0.2, 0.25) is 0 Å². The number of nitrogens with two attached hydrogens (primary N) is 1. The molecule has 0 amide bonds. The van der Waals surface area contributed by atoms with Crippen molar-refractivity contribution in [1.82, 2.24) is 0 Å². The summed E-state index contributed by atoms with van der Waals surface area (Å²) in [6, 6.07) is 0.154. The average Bonchev–Trinajstić information content (AvgIpc) is 2.12. The van der Waals surface area contributed by atoms with Crippen molar-refractivity contribution < 1.29 is 4.21 Å². The van der Waals surface area contributed by atoms with E-state index in [0.717, 1.165) is 25.0 Å². The summed E-state index contributed by atoms with van der Waals surface area (Å²) in [5, 5.41) is 0.243. The van der Waals surface area contributed by atoms with Gasteiger partial charge in [-0.05, 0) is 31.1 Å². The van der Waals surface area contributed by atoms with Gasteiger partial charge in [0.25, 0.3) is 0 Å². The van der Waals surface area contributed by atoms with Crippen molar-refractivity contribution in [2.24, 2.45) is 17.6 Å². The molecule has 1 aliphatic carbocycles. The van der Waals surface area contributed by atoms with E-state index in [0.29, 0.717) is 11.8 Å². The van der Waals surface area contributed by atoms with E-state index in [-0.39, 0.29) is 11.3 Å². The molecule has 5 atom stereocenters. The molecule has 0 saturated heterocycles. The third-order valence-corrected chi connectivity index (χ3v) is 5.55. The predicted octanol–water partition coefficient (Wildman–Crippen LogP) is 2.30. The van der Waals surface area contributed by atoms with Crippen molar-refractivity contribution in [2.45, 2.75) is 57.7 Å². The maximum atomic E-state index is 12.1. The fraction of sp³-hybridized carbons (Fsp3) is 1.00. The highest BCUT2D eigenvalue weighted by Gasteiger charge is 2.35. The smallest absolute Gasteiger partial charge is 0.0524 e. The Kier molecular flexibility index (Phi) is 5.27. The summed E-state index contributed by atoms with van der Waals surface area (Å²) in [7, 11) is -0.706. The van der Waals surface area contributed by atoms with Crippen LogP contribution >= 0.6 is 0 Å². The number of hydrogen-bond donors (Lipinski definition) is 1. The van der Waals surface area contributed by atoms with Gasteiger partial charge in [0, 0.05) is 22.6 Å². The van der Waals surface area contributed by atoms with Crippen molar-refractivity contribution in [3.8, 4) is 0 Å². The van der Waals surface area contributed by atoms with E-state index in [4.69, 9.17) is 5.73 Å². The van der Waals surface area contributed by atoms with Crippen LogP contribution in [0.5, 0.6) is 0 Å². The van der Waals surface area contributed by atoms with Gasteiger partial charge < -0.3 is 5.73 Å². The summed E-state index contributed by atoms with van der Waals surface area (Å²) in [6.45, 7) is 6.61. The summed E-state index contributed by atoms with van der Waals surface area (Å²) in [6.07, 6.45) is 4.43. The zero-order chi connectivity index (χ0) is 11.4. The van der Waals surface area contributed by atoms with E-state index in [1.54, 1.807) is 0 Å². The van der Waals surface area contributed by atoms with Crippen molar-refractivity contribution in [1.29, 1.82) is 0 Å². The van der Waals surface area contributed by atoms with E-state index < -0.39 is 10.8 Å². The molecule has 0 bridgehead atoms. The summed E-state index contributed by atoms with van der Waals surface area (Å²) in [5.41, 5.74) is 6.14. The minimum Gasteiger partial charge on any atom is -0.327 e. The zero-order valence-corrected chi connectivity index (χ0v) is 11.1. The molecule has 1 saturated carbocycles. The normalized spacial score (nSPS) is 38.9. The molecule has 0 aromatic heterocycles. The molecule has 2 N–H and O–H groups in total. The summed E-state index contributed by atoms with van der Waals surface area (Å²) >= 11 is 0. The molecule has 15 heavy (non-hydrogen) atoms. The SMILES string of the molecule is CCCCS(=O)C1C(C)CC(C)CC1N. The second-order valence-electron chi connectivity index (χ2n) is 5.12. The summed E-state index contributed by atoms with van der Waals surface area (Å²) in [4.78, 5) is 0. The van der Waals surface area contributed by atoms with Gasteiger partial charge in [-0.25, -0.2) is 0 Å². The Hall–Kier alpha value is 0.110. The first kappa shape index (κ1) is 13.2. The summed E-state index contributed by atoms with van der Waals surface area (Å²) in [5.74, 6) is 2.07. The van der Waals surface area contributed by atoms with Crippen LogP contribution in [0.25, 0.3) is 0 Å². The fourth-order valence-corrected chi connectivity index (χ4v) is 4.74. The molecule has 0 aromatic rings.